The van der Waals surface area contributed by atoms with Gasteiger partial charge in [0.2, 0.25) is 0 Å². The van der Waals surface area contributed by atoms with Crippen molar-refractivity contribution in [3.05, 3.63) is 50.7 Å². The number of nitriles is 1. The van der Waals surface area contributed by atoms with Gasteiger partial charge in [0, 0.05) is 17.0 Å². The molecule has 2 aromatic rings. The van der Waals surface area contributed by atoms with Crippen LogP contribution in [0.25, 0.3) is 0 Å². The maximum atomic E-state index is 10.9. The van der Waals surface area contributed by atoms with E-state index in [1.54, 1.807) is 0 Å². The van der Waals surface area contributed by atoms with Crippen LogP contribution in [-0.2, 0) is 6.54 Å². The molecule has 112 valence electrons. The van der Waals surface area contributed by atoms with E-state index < -0.39 is 9.85 Å². The smallest absolute Gasteiger partial charge is 0.343 e. The number of hydrogen-bond acceptors (Lipinski definition) is 7. The van der Waals surface area contributed by atoms with Crippen LogP contribution in [0, 0.1) is 31.6 Å². The number of benzene rings is 1. The molecular weight excluding hydrogens is 310 g/mol. The summed E-state index contributed by atoms with van der Waals surface area (Å²) in [6.45, 7) is 0.155. The van der Waals surface area contributed by atoms with Crippen molar-refractivity contribution in [2.45, 2.75) is 23.0 Å². The quantitative estimate of drug-likeness (QED) is 0.591. The largest absolute Gasteiger partial charge is 0.358 e. The second-order valence-electron chi connectivity index (χ2n) is 4.07. The molecule has 0 aliphatic rings. The van der Waals surface area contributed by atoms with Gasteiger partial charge in [0.25, 0.3) is 10.8 Å². The third-order valence-corrected chi connectivity index (χ3v) is 3.71. The SMILES string of the molecule is N#CCCn1c([N+](=O)[O-])cnc1Sc1ccc([N+](=O)[O-])cc1. The van der Waals surface area contributed by atoms with Crippen molar-refractivity contribution >= 4 is 23.3 Å². The minimum atomic E-state index is -0.565. The van der Waals surface area contributed by atoms with Gasteiger partial charge in [-0.15, -0.1) is 0 Å². The Balaban J connectivity index is 2.27. The van der Waals surface area contributed by atoms with Gasteiger partial charge in [-0.3, -0.25) is 10.1 Å². The molecule has 10 heteroatoms. The zero-order chi connectivity index (χ0) is 16.1. The van der Waals surface area contributed by atoms with Gasteiger partial charge in [0.05, 0.1) is 17.4 Å². The Labute approximate surface area is 128 Å². The Morgan fingerprint density at radius 2 is 1.91 bits per heavy atom. The summed E-state index contributed by atoms with van der Waals surface area (Å²) < 4.78 is 1.34. The van der Waals surface area contributed by atoms with Crippen LogP contribution in [0.5, 0.6) is 0 Å². The number of nitro groups is 2. The van der Waals surface area contributed by atoms with Gasteiger partial charge in [-0.1, -0.05) is 0 Å². The zero-order valence-corrected chi connectivity index (χ0v) is 11.9. The maximum Gasteiger partial charge on any atom is 0.343 e. The molecule has 9 nitrogen and oxygen atoms in total. The first-order valence-electron chi connectivity index (χ1n) is 6.02. The fraction of sp³-hybridized carbons (Fsp3) is 0.167. The second kappa shape index (κ2) is 6.68. The van der Waals surface area contributed by atoms with Crippen LogP contribution < -0.4 is 0 Å². The molecule has 0 spiro atoms. The first-order valence-corrected chi connectivity index (χ1v) is 6.83. The molecule has 0 saturated heterocycles. The van der Waals surface area contributed by atoms with E-state index in [-0.39, 0.29) is 24.5 Å². The van der Waals surface area contributed by atoms with Gasteiger partial charge in [0.15, 0.2) is 0 Å². The van der Waals surface area contributed by atoms with Crippen LogP contribution in [-0.4, -0.2) is 19.4 Å². The zero-order valence-electron chi connectivity index (χ0n) is 11.1. The third kappa shape index (κ3) is 3.39. The van der Waals surface area contributed by atoms with Crippen molar-refractivity contribution in [3.8, 4) is 6.07 Å². The fourth-order valence-electron chi connectivity index (χ4n) is 1.69. The summed E-state index contributed by atoms with van der Waals surface area (Å²) in [4.78, 5) is 25.1. The van der Waals surface area contributed by atoms with Crippen LogP contribution in [0.4, 0.5) is 11.5 Å². The molecule has 1 aromatic heterocycles. The van der Waals surface area contributed by atoms with Gasteiger partial charge in [-0.05, 0) is 28.8 Å². The number of aromatic nitrogens is 2. The van der Waals surface area contributed by atoms with Gasteiger partial charge >= 0.3 is 5.82 Å². The van der Waals surface area contributed by atoms with Gasteiger partial charge in [0.1, 0.15) is 12.7 Å². The highest BCUT2D eigenvalue weighted by molar-refractivity contribution is 7.99. The van der Waals surface area contributed by atoms with E-state index in [9.17, 15) is 20.2 Å². The summed E-state index contributed by atoms with van der Waals surface area (Å²) in [6, 6.07) is 7.70. The van der Waals surface area contributed by atoms with Crippen molar-refractivity contribution < 1.29 is 9.85 Å². The van der Waals surface area contributed by atoms with Crippen LogP contribution in [0.1, 0.15) is 6.42 Å². The topological polar surface area (TPSA) is 128 Å². The van der Waals surface area contributed by atoms with E-state index in [4.69, 9.17) is 5.26 Å². The summed E-state index contributed by atoms with van der Waals surface area (Å²) in [5, 5.41) is 30.5. The number of nitro benzene ring substituents is 1. The molecule has 22 heavy (non-hydrogen) atoms. The van der Waals surface area contributed by atoms with Gasteiger partial charge < -0.3 is 10.1 Å². The number of imidazole rings is 1. The summed E-state index contributed by atoms with van der Waals surface area (Å²) in [5.74, 6) is -0.195. The molecule has 0 fully saturated rings. The molecule has 1 heterocycles. The van der Waals surface area contributed by atoms with Crippen LogP contribution in [0.3, 0.4) is 0 Å². The minimum absolute atomic E-state index is 0.0387. The molecule has 0 bridgehead atoms. The Morgan fingerprint density at radius 1 is 1.23 bits per heavy atom. The van der Waals surface area contributed by atoms with E-state index >= 15 is 0 Å². The van der Waals surface area contributed by atoms with Crippen LogP contribution in [0.2, 0.25) is 0 Å². The first-order chi connectivity index (χ1) is 10.5. The lowest BCUT2D eigenvalue weighted by molar-refractivity contribution is -0.392. The van der Waals surface area contributed by atoms with Crippen molar-refractivity contribution in [2.24, 2.45) is 0 Å². The minimum Gasteiger partial charge on any atom is -0.358 e. The third-order valence-electron chi connectivity index (χ3n) is 2.69. The Hall–Kier alpha value is -2.93. The molecule has 0 aliphatic carbocycles. The first kappa shape index (κ1) is 15.5. The average molecular weight is 319 g/mol. The van der Waals surface area contributed by atoms with Gasteiger partial charge in [-0.2, -0.15) is 9.83 Å². The molecule has 0 aliphatic heterocycles. The highest BCUT2D eigenvalue weighted by Gasteiger charge is 2.21. The van der Waals surface area contributed by atoms with Crippen molar-refractivity contribution in [3.63, 3.8) is 0 Å². The molecule has 0 amide bonds. The predicted octanol–water partition coefficient (Wildman–Crippen LogP) is 2.76. The molecule has 0 radical (unpaired) electrons. The standard InChI is InChI=1S/C12H9N5O4S/c13-6-1-7-15-11(17(20)21)8-14-12(15)22-10-4-2-9(3-5-10)16(18)19/h2-5,8H,1,7H2. The average Bonchev–Trinajstić information content (AvgIpc) is 2.88. The number of hydrogen-bond donors (Lipinski definition) is 0. The Kier molecular flexibility index (Phi) is 4.70. The number of non-ortho nitro benzene ring substituents is 1. The highest BCUT2D eigenvalue weighted by atomic mass is 32.2. The number of nitrogens with zero attached hydrogens (tertiary/aromatic N) is 5. The van der Waals surface area contributed by atoms with E-state index in [0.29, 0.717) is 10.1 Å². The van der Waals surface area contributed by atoms with Crippen LogP contribution >= 0.6 is 11.8 Å². The van der Waals surface area contributed by atoms with Crippen molar-refractivity contribution in [2.75, 3.05) is 0 Å². The maximum absolute atomic E-state index is 10.9. The normalized spacial score (nSPS) is 10.1. The van der Waals surface area contributed by atoms with E-state index in [1.165, 1.54) is 28.8 Å². The Morgan fingerprint density at radius 3 is 2.45 bits per heavy atom. The van der Waals surface area contributed by atoms with E-state index in [2.05, 4.69) is 4.98 Å². The molecule has 0 N–H and O–H groups in total. The lowest BCUT2D eigenvalue weighted by Crippen LogP contribution is -2.04. The van der Waals surface area contributed by atoms with Crippen molar-refractivity contribution in [1.82, 2.24) is 9.55 Å². The van der Waals surface area contributed by atoms with Crippen LogP contribution in [0.15, 0.2) is 40.5 Å². The van der Waals surface area contributed by atoms with Gasteiger partial charge in [-0.25, -0.2) is 4.98 Å². The van der Waals surface area contributed by atoms with Crippen molar-refractivity contribution in [1.29, 1.82) is 5.26 Å². The monoisotopic (exact) mass is 319 g/mol. The molecule has 0 unspecified atom stereocenters. The second-order valence-corrected chi connectivity index (χ2v) is 5.11. The van der Waals surface area contributed by atoms with E-state index in [1.807, 2.05) is 6.07 Å². The van der Waals surface area contributed by atoms with E-state index in [0.717, 1.165) is 18.0 Å². The highest BCUT2D eigenvalue weighted by Crippen LogP contribution is 2.30. The molecule has 2 rings (SSSR count). The molecular formula is C12H9N5O4S. The number of rotatable bonds is 6. The summed E-state index contributed by atoms with van der Waals surface area (Å²) in [5.41, 5.74) is -0.0387. The Bertz CT molecular complexity index is 750. The molecule has 0 saturated carbocycles. The fourth-order valence-corrected chi connectivity index (χ4v) is 2.57. The lowest BCUT2D eigenvalue weighted by atomic mass is 10.3. The summed E-state index contributed by atoms with van der Waals surface area (Å²) in [6.07, 6.45) is 1.25. The molecule has 1 aromatic carbocycles. The predicted molar refractivity (Wildman–Crippen MR) is 76.3 cm³/mol. The molecule has 0 atom stereocenters. The lowest BCUT2D eigenvalue weighted by Gasteiger charge is -2.02. The summed E-state index contributed by atoms with van der Waals surface area (Å²) >= 11 is 1.14. The summed E-state index contributed by atoms with van der Waals surface area (Å²) in [7, 11) is 0.